The minimum atomic E-state index is -0.281. The Morgan fingerprint density at radius 3 is 2.30 bits per heavy atom. The largest absolute Gasteiger partial charge is 0.378 e. The Labute approximate surface area is 183 Å². The van der Waals surface area contributed by atoms with Crippen LogP contribution in [0.15, 0.2) is 59.8 Å². The fourth-order valence-electron chi connectivity index (χ4n) is 4.24. The van der Waals surface area contributed by atoms with Crippen LogP contribution < -0.4 is 10.2 Å². The number of aryl methyl sites for hydroxylation is 2. The second-order valence-electron chi connectivity index (χ2n) is 7.88. The summed E-state index contributed by atoms with van der Waals surface area (Å²) in [7, 11) is 0. The summed E-state index contributed by atoms with van der Waals surface area (Å²) < 4.78 is 5.45. The number of hydrogen-bond acceptors (Lipinski definition) is 3. The summed E-state index contributed by atoms with van der Waals surface area (Å²) in [4.78, 5) is 17.5. The van der Waals surface area contributed by atoms with Crippen LogP contribution >= 0.6 is 12.2 Å². The van der Waals surface area contributed by atoms with E-state index in [9.17, 15) is 4.79 Å². The first kappa shape index (κ1) is 20.6. The molecule has 2 aromatic carbocycles. The molecule has 2 aliphatic rings. The first-order chi connectivity index (χ1) is 14.5. The Morgan fingerprint density at radius 2 is 1.67 bits per heavy atom. The van der Waals surface area contributed by atoms with E-state index in [0.29, 0.717) is 31.4 Å². The topological polar surface area (TPSA) is 44.8 Å². The molecule has 0 spiro atoms. The molecule has 5 nitrogen and oxygen atoms in total. The maximum absolute atomic E-state index is 13.7. The van der Waals surface area contributed by atoms with Crippen molar-refractivity contribution in [1.82, 2.24) is 10.2 Å². The summed E-state index contributed by atoms with van der Waals surface area (Å²) in [5, 5.41) is 4.04. The van der Waals surface area contributed by atoms with Crippen molar-refractivity contribution in [2.45, 2.75) is 26.8 Å². The number of amides is 1. The van der Waals surface area contributed by atoms with E-state index in [-0.39, 0.29) is 11.9 Å². The molecule has 0 aromatic heterocycles. The highest BCUT2D eigenvalue weighted by Crippen LogP contribution is 2.35. The molecule has 4 rings (SSSR count). The average molecular weight is 422 g/mol. The van der Waals surface area contributed by atoms with Gasteiger partial charge in [-0.2, -0.15) is 0 Å². The van der Waals surface area contributed by atoms with Crippen LogP contribution in [0.3, 0.4) is 0 Å². The number of morpholine rings is 1. The number of ether oxygens (including phenoxy) is 1. The van der Waals surface area contributed by atoms with E-state index in [1.54, 1.807) is 0 Å². The van der Waals surface area contributed by atoms with Crippen molar-refractivity contribution >= 4 is 28.9 Å². The Morgan fingerprint density at radius 1 is 1.03 bits per heavy atom. The third-order valence-corrected chi connectivity index (χ3v) is 5.91. The van der Waals surface area contributed by atoms with Crippen molar-refractivity contribution in [3.63, 3.8) is 0 Å². The van der Waals surface area contributed by atoms with Crippen LogP contribution in [0.4, 0.5) is 5.69 Å². The first-order valence-electron chi connectivity index (χ1n) is 10.3. The number of carbonyl (C=O) groups excluding carboxylic acids is 1. The monoisotopic (exact) mass is 421 g/mol. The summed E-state index contributed by atoms with van der Waals surface area (Å²) >= 11 is 5.78. The van der Waals surface area contributed by atoms with Crippen LogP contribution in [0.5, 0.6) is 0 Å². The summed E-state index contributed by atoms with van der Waals surface area (Å²) in [6.45, 7) is 8.48. The lowest BCUT2D eigenvalue weighted by molar-refractivity contribution is -0.131. The predicted octanol–water partition coefficient (Wildman–Crippen LogP) is 3.87. The zero-order valence-electron chi connectivity index (χ0n) is 17.6. The van der Waals surface area contributed by atoms with Gasteiger partial charge < -0.3 is 15.0 Å². The van der Waals surface area contributed by atoms with Gasteiger partial charge in [-0.25, -0.2) is 0 Å². The van der Waals surface area contributed by atoms with Crippen molar-refractivity contribution in [3.05, 3.63) is 76.5 Å². The lowest BCUT2D eigenvalue weighted by Gasteiger charge is -2.40. The molecule has 6 heteroatoms. The maximum Gasteiger partial charge on any atom is 0.254 e. The van der Waals surface area contributed by atoms with E-state index in [1.165, 1.54) is 0 Å². The number of thiocarbonyl (C=S) groups is 1. The highest BCUT2D eigenvalue weighted by atomic mass is 32.1. The van der Waals surface area contributed by atoms with Crippen molar-refractivity contribution < 1.29 is 9.53 Å². The number of anilines is 1. The minimum Gasteiger partial charge on any atom is -0.378 e. The van der Waals surface area contributed by atoms with Gasteiger partial charge in [-0.15, -0.1) is 0 Å². The molecule has 0 aliphatic carbocycles. The van der Waals surface area contributed by atoms with E-state index in [2.05, 4.69) is 37.4 Å². The number of benzene rings is 2. The molecule has 0 radical (unpaired) electrons. The van der Waals surface area contributed by atoms with Gasteiger partial charge in [-0.3, -0.25) is 9.69 Å². The van der Waals surface area contributed by atoms with Crippen LogP contribution in [0, 0.1) is 13.8 Å². The normalized spacial score (nSPS) is 19.7. The van der Waals surface area contributed by atoms with Crippen molar-refractivity contribution in [2.75, 3.05) is 31.2 Å². The summed E-state index contributed by atoms with van der Waals surface area (Å²) in [5.41, 5.74) is 5.92. The number of allylic oxidation sites excluding steroid dienone is 1. The number of nitrogens with one attached hydrogen (secondary N) is 1. The van der Waals surface area contributed by atoms with Gasteiger partial charge in [-0.1, -0.05) is 36.4 Å². The van der Waals surface area contributed by atoms with Gasteiger partial charge in [0.2, 0.25) is 0 Å². The molecule has 1 atom stereocenters. The Balaban J connectivity index is 1.83. The molecule has 2 aromatic rings. The van der Waals surface area contributed by atoms with Crippen LogP contribution in [-0.4, -0.2) is 42.2 Å². The lowest BCUT2D eigenvalue weighted by Crippen LogP contribution is -2.51. The number of nitrogens with zero attached hydrogens (tertiary/aromatic N) is 2. The van der Waals surface area contributed by atoms with Crippen LogP contribution in [-0.2, 0) is 9.53 Å². The third-order valence-electron chi connectivity index (χ3n) is 5.61. The lowest BCUT2D eigenvalue weighted by atomic mass is 9.93. The van der Waals surface area contributed by atoms with Crippen LogP contribution in [0.1, 0.15) is 29.7 Å². The molecule has 156 valence electrons. The maximum atomic E-state index is 13.7. The van der Waals surface area contributed by atoms with Gasteiger partial charge in [0, 0.05) is 24.5 Å². The molecule has 30 heavy (non-hydrogen) atoms. The molecule has 0 saturated carbocycles. The number of rotatable bonds is 3. The first-order valence-corrected chi connectivity index (χ1v) is 10.7. The van der Waals surface area contributed by atoms with Crippen LogP contribution in [0.25, 0.3) is 0 Å². The molecule has 0 bridgehead atoms. The van der Waals surface area contributed by atoms with E-state index in [4.69, 9.17) is 17.0 Å². The molecule has 1 saturated heterocycles. The van der Waals surface area contributed by atoms with Gasteiger partial charge in [0.15, 0.2) is 5.11 Å². The van der Waals surface area contributed by atoms with E-state index < -0.39 is 0 Å². The Hall–Kier alpha value is -2.70. The third kappa shape index (κ3) is 3.98. The molecule has 1 amide bonds. The van der Waals surface area contributed by atoms with Crippen LogP contribution in [0.2, 0.25) is 0 Å². The summed E-state index contributed by atoms with van der Waals surface area (Å²) in [5.74, 6) is 0.0361. The second kappa shape index (κ2) is 8.58. The van der Waals surface area contributed by atoms with Crippen molar-refractivity contribution in [3.8, 4) is 0 Å². The average Bonchev–Trinajstić information content (AvgIpc) is 2.73. The van der Waals surface area contributed by atoms with Crippen molar-refractivity contribution in [2.24, 2.45) is 0 Å². The zero-order valence-corrected chi connectivity index (χ0v) is 18.5. The molecule has 2 aliphatic heterocycles. The zero-order chi connectivity index (χ0) is 21.3. The highest BCUT2D eigenvalue weighted by Gasteiger charge is 2.36. The Bertz CT molecular complexity index is 977. The Kier molecular flexibility index (Phi) is 5.88. The molecule has 1 N–H and O–H groups in total. The molecular formula is C24H27N3O2S. The van der Waals surface area contributed by atoms with E-state index in [1.807, 2.05) is 47.1 Å². The van der Waals surface area contributed by atoms with Gasteiger partial charge in [0.25, 0.3) is 5.91 Å². The van der Waals surface area contributed by atoms with Gasteiger partial charge >= 0.3 is 0 Å². The minimum absolute atomic E-state index is 0.0361. The fraction of sp³-hybridized carbons (Fsp3) is 0.333. The number of carbonyl (C=O) groups is 1. The van der Waals surface area contributed by atoms with Gasteiger partial charge in [-0.05, 0) is 61.8 Å². The number of hydrogen-bond donors (Lipinski definition) is 1. The molecule has 2 heterocycles. The van der Waals surface area contributed by atoms with E-state index in [0.717, 1.165) is 33.6 Å². The standard InChI is InChI=1S/C24H27N3O2S/c1-16-13-17(2)15-20(14-16)27-18(3)21(23(28)26-9-11-29-12-10-26)22(25-24(27)30)19-7-5-4-6-8-19/h4-8,13-15,22H,9-12H2,1-3H3,(H,25,30). The molecule has 1 unspecified atom stereocenters. The summed E-state index contributed by atoms with van der Waals surface area (Å²) in [6.07, 6.45) is 0. The van der Waals surface area contributed by atoms with Gasteiger partial charge in [0.1, 0.15) is 0 Å². The molecular weight excluding hydrogens is 394 g/mol. The highest BCUT2D eigenvalue weighted by molar-refractivity contribution is 7.80. The molecule has 1 fully saturated rings. The SMILES string of the molecule is CC1=C(C(=O)N2CCOCC2)C(c2ccccc2)NC(=S)N1c1cc(C)cc(C)c1. The predicted molar refractivity (Wildman–Crippen MR) is 123 cm³/mol. The van der Waals surface area contributed by atoms with E-state index >= 15 is 0 Å². The quantitative estimate of drug-likeness (QED) is 0.763. The van der Waals surface area contributed by atoms with Crippen molar-refractivity contribution in [1.29, 1.82) is 0 Å². The van der Waals surface area contributed by atoms with Gasteiger partial charge in [0.05, 0.1) is 24.8 Å². The smallest absolute Gasteiger partial charge is 0.254 e. The second-order valence-corrected chi connectivity index (χ2v) is 8.26. The summed E-state index contributed by atoms with van der Waals surface area (Å²) in [6, 6.07) is 16.1. The fourth-order valence-corrected chi connectivity index (χ4v) is 4.60.